The molecule has 1 aliphatic rings. The molecule has 0 amide bonds. The number of nitrogens with zero attached hydrogens (tertiary/aromatic N) is 1. The van der Waals surface area contributed by atoms with Crippen LogP contribution in [0.15, 0.2) is 47.0 Å². The number of hydrogen-bond donors (Lipinski definition) is 0. The number of hydrogen-bond acceptors (Lipinski definition) is 6. The third-order valence-electron chi connectivity index (χ3n) is 4.48. The van der Waals surface area contributed by atoms with E-state index in [4.69, 9.17) is 18.7 Å². The summed E-state index contributed by atoms with van der Waals surface area (Å²) in [5.74, 6) is 0.874. The van der Waals surface area contributed by atoms with Crippen LogP contribution in [-0.2, 0) is 16.0 Å². The lowest BCUT2D eigenvalue weighted by atomic mass is 10.1. The van der Waals surface area contributed by atoms with Crippen LogP contribution in [0, 0.1) is 0 Å². The van der Waals surface area contributed by atoms with Crippen LogP contribution < -0.4 is 9.47 Å². The Balaban J connectivity index is 1.54. The van der Waals surface area contributed by atoms with Crippen LogP contribution >= 0.6 is 0 Å². The molecular formula is C20H19NO5. The van der Waals surface area contributed by atoms with Crippen LogP contribution in [0.1, 0.15) is 24.1 Å². The molecule has 6 nitrogen and oxygen atoms in total. The molecule has 6 heteroatoms. The Hall–Kier alpha value is -2.86. The maximum Gasteiger partial charge on any atom is 0.340 e. The molecule has 1 atom stereocenters. The minimum absolute atomic E-state index is 0.365. The number of aromatic nitrogens is 1. The van der Waals surface area contributed by atoms with Crippen molar-refractivity contribution in [3.63, 3.8) is 0 Å². The fourth-order valence-electron chi connectivity index (χ4n) is 3.14. The van der Waals surface area contributed by atoms with Crippen molar-refractivity contribution in [2.75, 3.05) is 13.7 Å². The molecule has 0 radical (unpaired) electrons. The Morgan fingerprint density at radius 3 is 2.96 bits per heavy atom. The van der Waals surface area contributed by atoms with Gasteiger partial charge in [0.1, 0.15) is 11.5 Å². The van der Waals surface area contributed by atoms with Gasteiger partial charge in [0.15, 0.2) is 11.7 Å². The van der Waals surface area contributed by atoms with Crippen molar-refractivity contribution < 1.29 is 23.5 Å². The van der Waals surface area contributed by atoms with Gasteiger partial charge in [-0.3, -0.25) is 0 Å². The first-order valence-corrected chi connectivity index (χ1v) is 8.58. The predicted octanol–water partition coefficient (Wildman–Crippen LogP) is 3.51. The van der Waals surface area contributed by atoms with Gasteiger partial charge in [0.2, 0.25) is 0 Å². The minimum Gasteiger partial charge on any atom is -0.496 e. The average Bonchev–Trinajstić information content (AvgIpc) is 3.32. The lowest BCUT2D eigenvalue weighted by molar-refractivity contribution is -0.144. The van der Waals surface area contributed by atoms with E-state index in [9.17, 15) is 4.79 Å². The molecule has 0 saturated carbocycles. The van der Waals surface area contributed by atoms with Crippen LogP contribution in [-0.4, -0.2) is 30.9 Å². The molecule has 1 fully saturated rings. The molecule has 1 aromatic heterocycles. The van der Waals surface area contributed by atoms with Crippen LogP contribution in [0.2, 0.25) is 0 Å². The summed E-state index contributed by atoms with van der Waals surface area (Å²) in [7, 11) is 1.65. The van der Waals surface area contributed by atoms with Crippen molar-refractivity contribution in [3.8, 4) is 11.5 Å². The van der Waals surface area contributed by atoms with E-state index in [-0.39, 0.29) is 5.97 Å². The molecule has 134 valence electrons. The summed E-state index contributed by atoms with van der Waals surface area (Å²) in [4.78, 5) is 12.1. The first-order valence-electron chi connectivity index (χ1n) is 8.58. The highest BCUT2D eigenvalue weighted by atomic mass is 16.6. The van der Waals surface area contributed by atoms with Gasteiger partial charge in [-0.1, -0.05) is 23.4 Å². The monoisotopic (exact) mass is 353 g/mol. The van der Waals surface area contributed by atoms with Crippen molar-refractivity contribution in [3.05, 3.63) is 53.7 Å². The van der Waals surface area contributed by atoms with Gasteiger partial charge in [-0.15, -0.1) is 0 Å². The smallest absolute Gasteiger partial charge is 0.340 e. The molecule has 0 bridgehead atoms. The molecule has 26 heavy (non-hydrogen) atoms. The van der Waals surface area contributed by atoms with Crippen molar-refractivity contribution in [1.29, 1.82) is 0 Å². The van der Waals surface area contributed by atoms with Crippen molar-refractivity contribution >= 4 is 16.9 Å². The third kappa shape index (κ3) is 3.28. The fourth-order valence-corrected chi connectivity index (χ4v) is 3.14. The summed E-state index contributed by atoms with van der Waals surface area (Å²) in [5.41, 5.74) is 2.41. The lowest BCUT2D eigenvalue weighted by Gasteiger charge is -2.09. The molecule has 1 aliphatic heterocycles. The number of carbonyl (C=O) groups is 1. The zero-order valence-electron chi connectivity index (χ0n) is 14.4. The summed E-state index contributed by atoms with van der Waals surface area (Å²) in [5, 5.41) is 5.05. The summed E-state index contributed by atoms with van der Waals surface area (Å²) < 4.78 is 21.6. The molecule has 3 aromatic rings. The topological polar surface area (TPSA) is 70.8 Å². The van der Waals surface area contributed by atoms with E-state index >= 15 is 0 Å². The van der Waals surface area contributed by atoms with Gasteiger partial charge in [0.25, 0.3) is 0 Å². The number of benzene rings is 2. The Bertz CT molecular complexity index is 927. The fraction of sp³-hybridized carbons (Fsp3) is 0.300. The predicted molar refractivity (Wildman–Crippen MR) is 94.4 cm³/mol. The summed E-state index contributed by atoms with van der Waals surface area (Å²) in [6.45, 7) is 0.604. The van der Waals surface area contributed by atoms with Gasteiger partial charge < -0.3 is 18.7 Å². The van der Waals surface area contributed by atoms with Crippen molar-refractivity contribution in [2.45, 2.75) is 25.4 Å². The molecule has 1 saturated heterocycles. The minimum atomic E-state index is -0.471. The van der Waals surface area contributed by atoms with Crippen LogP contribution in [0.4, 0.5) is 0 Å². The van der Waals surface area contributed by atoms with E-state index in [0.717, 1.165) is 28.8 Å². The molecule has 4 rings (SSSR count). The van der Waals surface area contributed by atoms with Crippen LogP contribution in [0.5, 0.6) is 11.5 Å². The summed E-state index contributed by atoms with van der Waals surface area (Å²) in [6, 6.07) is 13.1. The largest absolute Gasteiger partial charge is 0.496 e. The Labute approximate surface area is 150 Å². The van der Waals surface area contributed by atoms with Crippen molar-refractivity contribution in [1.82, 2.24) is 5.16 Å². The first-order chi connectivity index (χ1) is 12.7. The molecule has 0 spiro atoms. The molecule has 2 heterocycles. The Kier molecular flexibility index (Phi) is 4.58. The number of fused-ring (bicyclic) bond motifs is 1. The highest BCUT2D eigenvalue weighted by molar-refractivity contribution is 5.83. The summed E-state index contributed by atoms with van der Waals surface area (Å²) in [6.07, 6.45) is 1.70. The molecule has 1 unspecified atom stereocenters. The Morgan fingerprint density at radius 2 is 2.15 bits per heavy atom. The van der Waals surface area contributed by atoms with E-state index in [1.807, 2.05) is 30.3 Å². The first kappa shape index (κ1) is 16.6. The maximum atomic E-state index is 12.1. The molecule has 0 N–H and O–H groups in total. The zero-order chi connectivity index (χ0) is 17.9. The maximum absolute atomic E-state index is 12.1. The average molecular weight is 353 g/mol. The third-order valence-corrected chi connectivity index (χ3v) is 4.48. The van der Waals surface area contributed by atoms with Gasteiger partial charge in [0.05, 0.1) is 12.8 Å². The SMILES string of the molecule is COc1ccccc1Cc1noc2cc(OC(=O)C3CCCO3)ccc12. The van der Waals surface area contributed by atoms with Gasteiger partial charge >= 0.3 is 5.97 Å². The highest BCUT2D eigenvalue weighted by Crippen LogP contribution is 2.28. The van der Waals surface area contributed by atoms with E-state index < -0.39 is 6.10 Å². The van der Waals surface area contributed by atoms with Gasteiger partial charge in [0, 0.05) is 30.0 Å². The standard InChI is InChI=1S/C20H19NO5/c1-23-17-6-3-2-5-13(17)11-16-15-9-8-14(12-19(15)26-21-16)25-20(22)18-7-4-10-24-18/h2-3,5-6,8-9,12,18H,4,7,10-11H2,1H3. The van der Waals surface area contributed by atoms with E-state index in [0.29, 0.717) is 30.8 Å². The second kappa shape index (κ2) is 7.17. The molecule has 2 aromatic carbocycles. The number of para-hydroxylation sites is 1. The quantitative estimate of drug-likeness (QED) is 0.516. The lowest BCUT2D eigenvalue weighted by Crippen LogP contribution is -2.24. The number of rotatable bonds is 5. The van der Waals surface area contributed by atoms with Gasteiger partial charge in [-0.25, -0.2) is 4.79 Å². The number of ether oxygens (including phenoxy) is 3. The van der Waals surface area contributed by atoms with E-state index in [1.165, 1.54) is 0 Å². The van der Waals surface area contributed by atoms with E-state index in [1.54, 1.807) is 19.2 Å². The number of carbonyl (C=O) groups excluding carboxylic acids is 1. The van der Waals surface area contributed by atoms with Crippen LogP contribution in [0.3, 0.4) is 0 Å². The van der Waals surface area contributed by atoms with Gasteiger partial charge in [-0.05, 0) is 31.0 Å². The second-order valence-electron chi connectivity index (χ2n) is 6.20. The summed E-state index contributed by atoms with van der Waals surface area (Å²) >= 11 is 0. The second-order valence-corrected chi connectivity index (χ2v) is 6.20. The van der Waals surface area contributed by atoms with Gasteiger partial charge in [-0.2, -0.15) is 0 Å². The van der Waals surface area contributed by atoms with Crippen molar-refractivity contribution in [2.24, 2.45) is 0 Å². The Morgan fingerprint density at radius 1 is 1.27 bits per heavy atom. The van der Waals surface area contributed by atoms with Crippen LogP contribution in [0.25, 0.3) is 11.0 Å². The number of esters is 1. The molecular weight excluding hydrogens is 334 g/mol. The highest BCUT2D eigenvalue weighted by Gasteiger charge is 2.25. The zero-order valence-corrected chi connectivity index (χ0v) is 14.4. The molecule has 0 aliphatic carbocycles. The number of methoxy groups -OCH3 is 1. The van der Waals surface area contributed by atoms with E-state index in [2.05, 4.69) is 5.16 Å². The normalized spacial score (nSPS) is 16.7.